The molecule has 1 saturated carbocycles. The Balaban J connectivity index is 1.46. The smallest absolute Gasteiger partial charge is 0.0681 e. The Morgan fingerprint density at radius 1 is 0.963 bits per heavy atom. The van der Waals surface area contributed by atoms with Crippen LogP contribution in [0.5, 0.6) is 0 Å². The molecule has 1 aliphatic carbocycles. The molecule has 0 heterocycles. The zero-order valence-electron chi connectivity index (χ0n) is 16.1. The second-order valence-electron chi connectivity index (χ2n) is 7.92. The normalized spacial score (nSPS) is 21.3. The van der Waals surface area contributed by atoms with E-state index in [2.05, 4.69) is 79.0 Å². The largest absolute Gasteiger partial charge is 0.392 e. The summed E-state index contributed by atoms with van der Waals surface area (Å²) in [5.41, 5.74) is 3.80. The SMILES string of the molecule is C[C@@H](NC1CCC[C@H](c2ccc(CO)cc2)C1)c1cccc2ccccc12. The minimum absolute atomic E-state index is 0.123. The Labute approximate surface area is 162 Å². The van der Waals surface area contributed by atoms with Crippen LogP contribution >= 0.6 is 0 Å². The first-order valence-electron chi connectivity index (χ1n) is 10.2. The van der Waals surface area contributed by atoms with Crippen molar-refractivity contribution in [3.8, 4) is 0 Å². The molecule has 0 aliphatic heterocycles. The highest BCUT2D eigenvalue weighted by atomic mass is 16.3. The van der Waals surface area contributed by atoms with Crippen molar-refractivity contribution in [1.82, 2.24) is 5.32 Å². The summed E-state index contributed by atoms with van der Waals surface area (Å²) in [6.07, 6.45) is 4.97. The van der Waals surface area contributed by atoms with Gasteiger partial charge in [0.1, 0.15) is 0 Å². The van der Waals surface area contributed by atoms with Crippen molar-refractivity contribution in [3.05, 3.63) is 83.4 Å². The molecular weight excluding hydrogens is 330 g/mol. The Morgan fingerprint density at radius 3 is 2.56 bits per heavy atom. The van der Waals surface area contributed by atoms with Gasteiger partial charge >= 0.3 is 0 Å². The van der Waals surface area contributed by atoms with Crippen LogP contribution in [-0.4, -0.2) is 11.1 Å². The van der Waals surface area contributed by atoms with E-state index in [9.17, 15) is 5.11 Å². The van der Waals surface area contributed by atoms with Crippen molar-refractivity contribution in [3.63, 3.8) is 0 Å². The first-order valence-corrected chi connectivity index (χ1v) is 10.2. The average Bonchev–Trinajstić information content (AvgIpc) is 2.73. The predicted molar refractivity (Wildman–Crippen MR) is 113 cm³/mol. The fourth-order valence-electron chi connectivity index (χ4n) is 4.61. The number of hydrogen-bond acceptors (Lipinski definition) is 2. The summed E-state index contributed by atoms with van der Waals surface area (Å²) in [5, 5.41) is 15.8. The van der Waals surface area contributed by atoms with Gasteiger partial charge in [0.15, 0.2) is 0 Å². The Bertz CT molecular complexity index is 881. The van der Waals surface area contributed by atoms with Crippen LogP contribution in [0.4, 0.5) is 0 Å². The van der Waals surface area contributed by atoms with Gasteiger partial charge in [0.05, 0.1) is 6.61 Å². The minimum Gasteiger partial charge on any atom is -0.392 e. The molecule has 1 unspecified atom stereocenters. The summed E-state index contributed by atoms with van der Waals surface area (Å²) in [7, 11) is 0. The van der Waals surface area contributed by atoms with Crippen LogP contribution in [0.3, 0.4) is 0 Å². The van der Waals surface area contributed by atoms with E-state index in [0.717, 1.165) is 5.56 Å². The van der Waals surface area contributed by atoms with Crippen LogP contribution < -0.4 is 5.32 Å². The van der Waals surface area contributed by atoms with Crippen molar-refractivity contribution >= 4 is 10.8 Å². The van der Waals surface area contributed by atoms with Gasteiger partial charge in [-0.15, -0.1) is 0 Å². The van der Waals surface area contributed by atoms with E-state index in [0.29, 0.717) is 18.0 Å². The van der Waals surface area contributed by atoms with Gasteiger partial charge in [0, 0.05) is 12.1 Å². The van der Waals surface area contributed by atoms with Crippen LogP contribution in [0.2, 0.25) is 0 Å². The maximum atomic E-state index is 9.25. The molecular formula is C25H29NO. The van der Waals surface area contributed by atoms with E-state index in [-0.39, 0.29) is 6.61 Å². The maximum absolute atomic E-state index is 9.25. The topological polar surface area (TPSA) is 32.3 Å². The molecule has 2 heteroatoms. The van der Waals surface area contributed by atoms with Crippen LogP contribution in [0.25, 0.3) is 10.8 Å². The molecule has 4 rings (SSSR count). The van der Waals surface area contributed by atoms with Crippen LogP contribution in [0, 0.1) is 0 Å². The Morgan fingerprint density at radius 2 is 1.74 bits per heavy atom. The van der Waals surface area contributed by atoms with Gasteiger partial charge < -0.3 is 10.4 Å². The number of rotatable bonds is 5. The Hall–Kier alpha value is -2.16. The molecule has 0 amide bonds. The van der Waals surface area contributed by atoms with Gasteiger partial charge in [-0.2, -0.15) is 0 Å². The molecule has 1 aliphatic rings. The van der Waals surface area contributed by atoms with E-state index >= 15 is 0 Å². The first kappa shape index (κ1) is 18.2. The third-order valence-corrected chi connectivity index (χ3v) is 6.08. The summed E-state index contributed by atoms with van der Waals surface area (Å²) >= 11 is 0. The summed E-state index contributed by atoms with van der Waals surface area (Å²) < 4.78 is 0. The molecule has 140 valence electrons. The third kappa shape index (κ3) is 4.07. The van der Waals surface area contributed by atoms with E-state index in [4.69, 9.17) is 0 Å². The molecule has 2 nitrogen and oxygen atoms in total. The van der Waals surface area contributed by atoms with Gasteiger partial charge in [0.25, 0.3) is 0 Å². The summed E-state index contributed by atoms with van der Waals surface area (Å²) in [6.45, 7) is 2.42. The lowest BCUT2D eigenvalue weighted by atomic mass is 9.81. The fourth-order valence-corrected chi connectivity index (χ4v) is 4.61. The molecule has 0 spiro atoms. The number of aliphatic hydroxyl groups excluding tert-OH is 1. The third-order valence-electron chi connectivity index (χ3n) is 6.08. The number of aliphatic hydroxyl groups is 1. The standard InChI is InChI=1S/C25H29NO/c1-18(24-11-5-7-21-6-2-3-10-25(21)24)26-23-9-4-8-22(16-23)20-14-12-19(17-27)13-15-20/h2-3,5-7,10-15,18,22-23,26-27H,4,8-9,16-17H2,1H3/t18-,22+,23?/m1/s1. The van der Waals surface area contributed by atoms with Gasteiger partial charge in [-0.25, -0.2) is 0 Å². The van der Waals surface area contributed by atoms with Crippen molar-refractivity contribution in [2.45, 2.75) is 57.2 Å². The lowest BCUT2D eigenvalue weighted by molar-refractivity contribution is 0.281. The quantitative estimate of drug-likeness (QED) is 0.611. The highest BCUT2D eigenvalue weighted by molar-refractivity contribution is 5.86. The average molecular weight is 360 g/mol. The first-order chi connectivity index (χ1) is 13.2. The summed E-state index contributed by atoms with van der Waals surface area (Å²) in [6, 6.07) is 24.7. The number of hydrogen-bond donors (Lipinski definition) is 2. The van der Waals surface area contributed by atoms with Crippen LogP contribution in [0.15, 0.2) is 66.7 Å². The molecule has 1 fully saturated rings. The van der Waals surface area contributed by atoms with Crippen molar-refractivity contribution in [2.75, 3.05) is 0 Å². The zero-order chi connectivity index (χ0) is 18.6. The molecule has 3 aromatic carbocycles. The summed E-state index contributed by atoms with van der Waals surface area (Å²) in [4.78, 5) is 0. The number of benzene rings is 3. The summed E-state index contributed by atoms with van der Waals surface area (Å²) in [5.74, 6) is 0.615. The van der Waals surface area contributed by atoms with E-state index in [1.54, 1.807) is 0 Å². The molecule has 2 N–H and O–H groups in total. The van der Waals surface area contributed by atoms with Crippen molar-refractivity contribution < 1.29 is 5.11 Å². The Kier molecular flexibility index (Phi) is 5.56. The van der Waals surface area contributed by atoms with E-state index in [1.165, 1.54) is 47.6 Å². The number of nitrogens with one attached hydrogen (secondary N) is 1. The zero-order valence-corrected chi connectivity index (χ0v) is 16.1. The molecule has 0 saturated heterocycles. The second kappa shape index (κ2) is 8.24. The highest BCUT2D eigenvalue weighted by Gasteiger charge is 2.24. The highest BCUT2D eigenvalue weighted by Crippen LogP contribution is 2.34. The number of fused-ring (bicyclic) bond motifs is 1. The van der Waals surface area contributed by atoms with Crippen LogP contribution in [-0.2, 0) is 6.61 Å². The lowest BCUT2D eigenvalue weighted by Crippen LogP contribution is -2.35. The van der Waals surface area contributed by atoms with Gasteiger partial charge in [0.2, 0.25) is 0 Å². The molecule has 0 aromatic heterocycles. The van der Waals surface area contributed by atoms with Gasteiger partial charge in [-0.1, -0.05) is 73.2 Å². The minimum atomic E-state index is 0.123. The predicted octanol–water partition coefficient (Wildman–Crippen LogP) is 5.71. The molecule has 0 bridgehead atoms. The van der Waals surface area contributed by atoms with E-state index < -0.39 is 0 Å². The maximum Gasteiger partial charge on any atom is 0.0681 e. The van der Waals surface area contributed by atoms with Crippen molar-refractivity contribution in [1.29, 1.82) is 0 Å². The molecule has 3 aromatic rings. The molecule has 0 radical (unpaired) electrons. The van der Waals surface area contributed by atoms with E-state index in [1.807, 2.05) is 0 Å². The van der Waals surface area contributed by atoms with Gasteiger partial charge in [-0.05, 0) is 59.6 Å². The van der Waals surface area contributed by atoms with Crippen molar-refractivity contribution in [2.24, 2.45) is 0 Å². The molecule has 3 atom stereocenters. The lowest BCUT2D eigenvalue weighted by Gasteiger charge is -2.32. The van der Waals surface area contributed by atoms with Gasteiger partial charge in [-0.3, -0.25) is 0 Å². The monoisotopic (exact) mass is 359 g/mol. The molecule has 27 heavy (non-hydrogen) atoms. The second-order valence-corrected chi connectivity index (χ2v) is 7.92. The van der Waals surface area contributed by atoms with Crippen LogP contribution in [0.1, 0.15) is 61.3 Å². The fraction of sp³-hybridized carbons (Fsp3) is 0.360.